The molecule has 0 aliphatic carbocycles. The van der Waals surface area contributed by atoms with Gasteiger partial charge in [0.05, 0.1) is 11.1 Å². The molecule has 0 aliphatic rings. The Hall–Kier alpha value is -1.64. The molecule has 2 aromatic carbocycles. The van der Waals surface area contributed by atoms with E-state index in [-0.39, 0.29) is 15.6 Å². The molecule has 0 atom stereocenters. The SMILES string of the molecule is Cc1cc(Br)cc(C(F)(F)F)c1F.Cc1cccc(C(F)(F)F)c1F. The van der Waals surface area contributed by atoms with Crippen molar-refractivity contribution >= 4 is 15.9 Å². The van der Waals surface area contributed by atoms with Gasteiger partial charge in [0.2, 0.25) is 0 Å². The summed E-state index contributed by atoms with van der Waals surface area (Å²) in [5.41, 5.74) is -2.46. The Morgan fingerprint density at radius 2 is 1.20 bits per heavy atom. The molecule has 0 spiro atoms. The topological polar surface area (TPSA) is 0 Å². The first-order valence-electron chi connectivity index (χ1n) is 6.60. The summed E-state index contributed by atoms with van der Waals surface area (Å²) in [6, 6.07) is 5.22. The van der Waals surface area contributed by atoms with Crippen LogP contribution in [0, 0.1) is 25.5 Å². The van der Waals surface area contributed by atoms with Crippen LogP contribution in [0.25, 0.3) is 0 Å². The molecule has 0 radical (unpaired) electrons. The Balaban J connectivity index is 0.000000251. The van der Waals surface area contributed by atoms with E-state index in [2.05, 4.69) is 15.9 Å². The van der Waals surface area contributed by atoms with Gasteiger partial charge in [-0.2, -0.15) is 26.3 Å². The lowest BCUT2D eigenvalue weighted by molar-refractivity contribution is -0.140. The number of halogens is 9. The van der Waals surface area contributed by atoms with Crippen molar-refractivity contribution in [1.82, 2.24) is 0 Å². The Bertz CT molecular complexity index is 747. The lowest BCUT2D eigenvalue weighted by atomic mass is 10.1. The first-order valence-corrected chi connectivity index (χ1v) is 7.39. The molecule has 0 fully saturated rings. The molecule has 0 bridgehead atoms. The van der Waals surface area contributed by atoms with Gasteiger partial charge in [-0.05, 0) is 43.2 Å². The van der Waals surface area contributed by atoms with Crippen LogP contribution < -0.4 is 0 Å². The van der Waals surface area contributed by atoms with Gasteiger partial charge in [0.1, 0.15) is 11.6 Å². The molecule has 0 aliphatic heterocycles. The summed E-state index contributed by atoms with van der Waals surface area (Å²) in [5.74, 6) is -2.40. The van der Waals surface area contributed by atoms with Crippen LogP contribution in [-0.2, 0) is 12.4 Å². The summed E-state index contributed by atoms with van der Waals surface area (Å²) in [5, 5.41) is 0. The largest absolute Gasteiger partial charge is 0.419 e. The second kappa shape index (κ2) is 7.72. The molecule has 0 unspecified atom stereocenters. The number of aryl methyl sites for hydroxylation is 2. The maximum atomic E-state index is 12.9. The minimum atomic E-state index is -4.64. The molecule has 0 heterocycles. The van der Waals surface area contributed by atoms with Crippen LogP contribution in [0.15, 0.2) is 34.8 Å². The summed E-state index contributed by atoms with van der Waals surface area (Å²) in [6.07, 6.45) is -9.24. The Kier molecular flexibility index (Phi) is 6.61. The molecule has 0 saturated carbocycles. The van der Waals surface area contributed by atoms with E-state index in [4.69, 9.17) is 0 Å². The second-order valence-electron chi connectivity index (χ2n) is 5.02. The molecule has 0 nitrogen and oxygen atoms in total. The van der Waals surface area contributed by atoms with Crippen molar-refractivity contribution < 1.29 is 35.1 Å². The van der Waals surface area contributed by atoms with Gasteiger partial charge < -0.3 is 0 Å². The molecule has 138 valence electrons. The zero-order valence-electron chi connectivity index (χ0n) is 12.8. The van der Waals surface area contributed by atoms with Crippen LogP contribution in [0.3, 0.4) is 0 Å². The third-order valence-electron chi connectivity index (χ3n) is 3.02. The van der Waals surface area contributed by atoms with Gasteiger partial charge in [-0.15, -0.1) is 0 Å². The van der Waals surface area contributed by atoms with E-state index in [9.17, 15) is 35.1 Å². The van der Waals surface area contributed by atoms with Crippen LogP contribution in [-0.4, -0.2) is 0 Å². The van der Waals surface area contributed by atoms with Crippen molar-refractivity contribution in [3.8, 4) is 0 Å². The molecule has 0 saturated heterocycles. The quantitative estimate of drug-likeness (QED) is 0.389. The summed E-state index contributed by atoms with van der Waals surface area (Å²) in [4.78, 5) is 0. The Morgan fingerprint density at radius 1 is 0.720 bits per heavy atom. The molecule has 2 aromatic rings. The fourth-order valence-electron chi connectivity index (χ4n) is 1.80. The van der Waals surface area contributed by atoms with Gasteiger partial charge in [-0.1, -0.05) is 28.1 Å². The fourth-order valence-corrected chi connectivity index (χ4v) is 2.37. The van der Waals surface area contributed by atoms with E-state index in [1.165, 1.54) is 32.0 Å². The maximum absolute atomic E-state index is 12.9. The zero-order chi connectivity index (χ0) is 19.6. The molecule has 0 N–H and O–H groups in total. The highest BCUT2D eigenvalue weighted by molar-refractivity contribution is 9.10. The predicted octanol–water partition coefficient (Wildman–Crippen LogP) is 7.07. The first-order chi connectivity index (χ1) is 11.2. The average Bonchev–Trinajstić information content (AvgIpc) is 2.44. The minimum absolute atomic E-state index is 0.00447. The van der Waals surface area contributed by atoms with Gasteiger partial charge in [-0.3, -0.25) is 0 Å². The second-order valence-corrected chi connectivity index (χ2v) is 5.93. The normalized spacial score (nSPS) is 11.8. The van der Waals surface area contributed by atoms with Crippen molar-refractivity contribution in [2.75, 3.05) is 0 Å². The maximum Gasteiger partial charge on any atom is 0.419 e. The number of hydrogen-bond acceptors (Lipinski definition) is 0. The number of benzene rings is 2. The summed E-state index contributed by atoms with van der Waals surface area (Å²) >= 11 is 2.87. The molecule has 9 heteroatoms. The highest BCUT2D eigenvalue weighted by Crippen LogP contribution is 2.34. The third kappa shape index (κ3) is 5.69. The van der Waals surface area contributed by atoms with Crippen molar-refractivity contribution in [3.05, 3.63) is 68.7 Å². The minimum Gasteiger partial charge on any atom is -0.206 e. The number of rotatable bonds is 0. The van der Waals surface area contributed by atoms with Crippen LogP contribution in [0.2, 0.25) is 0 Å². The van der Waals surface area contributed by atoms with Gasteiger partial charge in [-0.25, -0.2) is 8.78 Å². The van der Waals surface area contributed by atoms with E-state index < -0.39 is 35.1 Å². The van der Waals surface area contributed by atoms with Crippen molar-refractivity contribution in [3.63, 3.8) is 0 Å². The fraction of sp³-hybridized carbons (Fsp3) is 0.250. The monoisotopic (exact) mass is 434 g/mol. The number of alkyl halides is 6. The third-order valence-corrected chi connectivity index (χ3v) is 3.48. The molecule has 2 rings (SSSR count). The number of hydrogen-bond donors (Lipinski definition) is 0. The molecule has 25 heavy (non-hydrogen) atoms. The molecular formula is C16H11BrF8. The smallest absolute Gasteiger partial charge is 0.206 e. The standard InChI is InChI=1S/C8H5BrF4.C8H6F4/c1-4-2-5(9)3-6(7(4)10)8(11,12)13;1-5-3-2-4-6(7(5)9)8(10,11)12/h2-3H,1H3;2-4H,1H3. The lowest BCUT2D eigenvalue weighted by Gasteiger charge is -2.09. The molecule has 0 amide bonds. The van der Waals surface area contributed by atoms with Crippen molar-refractivity contribution in [2.24, 2.45) is 0 Å². The Morgan fingerprint density at radius 3 is 1.64 bits per heavy atom. The van der Waals surface area contributed by atoms with E-state index >= 15 is 0 Å². The average molecular weight is 435 g/mol. The molecular weight excluding hydrogens is 424 g/mol. The van der Waals surface area contributed by atoms with Gasteiger partial charge in [0.15, 0.2) is 0 Å². The first kappa shape index (κ1) is 21.4. The predicted molar refractivity (Wildman–Crippen MR) is 80.0 cm³/mol. The van der Waals surface area contributed by atoms with Crippen LogP contribution in [0.4, 0.5) is 35.1 Å². The van der Waals surface area contributed by atoms with Crippen molar-refractivity contribution in [2.45, 2.75) is 26.2 Å². The van der Waals surface area contributed by atoms with Crippen LogP contribution in [0.5, 0.6) is 0 Å². The van der Waals surface area contributed by atoms with Crippen LogP contribution in [0.1, 0.15) is 22.3 Å². The van der Waals surface area contributed by atoms with Crippen LogP contribution >= 0.6 is 15.9 Å². The highest BCUT2D eigenvalue weighted by atomic mass is 79.9. The molecule has 0 aromatic heterocycles. The van der Waals surface area contributed by atoms with E-state index in [0.717, 1.165) is 12.1 Å². The summed E-state index contributed by atoms with van der Waals surface area (Å²) < 4.78 is 98.3. The summed E-state index contributed by atoms with van der Waals surface area (Å²) in [6.45, 7) is 2.58. The lowest BCUT2D eigenvalue weighted by Crippen LogP contribution is -2.09. The summed E-state index contributed by atoms with van der Waals surface area (Å²) in [7, 11) is 0. The van der Waals surface area contributed by atoms with Gasteiger partial charge in [0.25, 0.3) is 0 Å². The van der Waals surface area contributed by atoms with Gasteiger partial charge in [0, 0.05) is 4.47 Å². The van der Waals surface area contributed by atoms with E-state index in [1.54, 1.807) is 0 Å². The van der Waals surface area contributed by atoms with E-state index in [0.29, 0.717) is 0 Å². The van der Waals surface area contributed by atoms with E-state index in [1.807, 2.05) is 0 Å². The highest BCUT2D eigenvalue weighted by Gasteiger charge is 2.35. The van der Waals surface area contributed by atoms with Crippen molar-refractivity contribution in [1.29, 1.82) is 0 Å². The van der Waals surface area contributed by atoms with Gasteiger partial charge >= 0.3 is 12.4 Å². The Labute approximate surface area is 146 Å². The zero-order valence-corrected chi connectivity index (χ0v) is 14.4.